The monoisotopic (exact) mass is 478 g/mol. The van der Waals surface area contributed by atoms with Gasteiger partial charge in [0.1, 0.15) is 12.2 Å². The molecule has 0 saturated carbocycles. The molecule has 1 aliphatic rings. The van der Waals surface area contributed by atoms with E-state index in [1.807, 2.05) is 21.1 Å². The van der Waals surface area contributed by atoms with Crippen LogP contribution in [-0.4, -0.2) is 83.3 Å². The minimum atomic E-state index is 0. The third kappa shape index (κ3) is 6.38. The molecule has 0 bridgehead atoms. The number of carbonyl (C=O) groups excluding carboxylic acids is 1. The van der Waals surface area contributed by atoms with Gasteiger partial charge in [0, 0.05) is 41.3 Å². The average Bonchev–Trinajstić information content (AvgIpc) is 3.22. The zero-order valence-corrected chi connectivity index (χ0v) is 18.4. The Bertz CT molecular complexity index is 589. The number of aromatic nitrogens is 3. The summed E-state index contributed by atoms with van der Waals surface area (Å²) in [5.74, 6) is 1.81. The van der Waals surface area contributed by atoms with E-state index in [1.165, 1.54) is 6.33 Å². The molecule has 1 saturated heterocycles. The van der Waals surface area contributed by atoms with Crippen LogP contribution in [0.3, 0.4) is 0 Å². The zero-order valence-electron chi connectivity index (χ0n) is 16.1. The van der Waals surface area contributed by atoms with Crippen LogP contribution in [0.25, 0.3) is 0 Å². The molecular weight excluding hydrogens is 447 g/mol. The Morgan fingerprint density at radius 3 is 2.81 bits per heavy atom. The third-order valence-corrected chi connectivity index (χ3v) is 4.45. The van der Waals surface area contributed by atoms with Gasteiger partial charge in [-0.2, -0.15) is 5.10 Å². The number of nitrogens with zero attached hydrogens (tertiary/aromatic N) is 6. The maximum atomic E-state index is 12.2. The third-order valence-electron chi connectivity index (χ3n) is 4.45. The molecule has 0 radical (unpaired) electrons. The lowest BCUT2D eigenvalue weighted by Gasteiger charge is -2.26. The summed E-state index contributed by atoms with van der Waals surface area (Å²) in [6.07, 6.45) is 4.56. The Hall–Kier alpha value is -1.43. The number of halogens is 1. The first kappa shape index (κ1) is 22.6. The molecular formula is C16H31IN8O. The maximum Gasteiger partial charge on any atom is 0.239 e. The number of rotatable bonds is 7. The van der Waals surface area contributed by atoms with Gasteiger partial charge in [0.2, 0.25) is 5.91 Å². The quantitative estimate of drug-likeness (QED) is 0.249. The van der Waals surface area contributed by atoms with Gasteiger partial charge < -0.3 is 15.5 Å². The molecule has 1 fully saturated rings. The number of likely N-dealkylation sites (N-methyl/N-ethyl adjacent to an activating group) is 1. The van der Waals surface area contributed by atoms with Crippen LogP contribution in [0.2, 0.25) is 0 Å². The lowest BCUT2D eigenvalue weighted by Crippen LogP contribution is -2.44. The second kappa shape index (κ2) is 11.3. The number of aliphatic imine (C=N–C) groups is 1. The molecule has 1 aromatic rings. The van der Waals surface area contributed by atoms with E-state index in [2.05, 4.69) is 30.6 Å². The van der Waals surface area contributed by atoms with E-state index >= 15 is 0 Å². The van der Waals surface area contributed by atoms with Crippen LogP contribution >= 0.6 is 24.0 Å². The van der Waals surface area contributed by atoms with E-state index in [0.29, 0.717) is 6.54 Å². The molecule has 1 aromatic heterocycles. The number of hydrogen-bond donors (Lipinski definition) is 2. The smallest absolute Gasteiger partial charge is 0.239 e. The van der Waals surface area contributed by atoms with E-state index in [9.17, 15) is 4.79 Å². The highest BCUT2D eigenvalue weighted by molar-refractivity contribution is 14.0. The Kier molecular flexibility index (Phi) is 9.84. The number of likely N-dealkylation sites (tertiary alicyclic amines) is 1. The van der Waals surface area contributed by atoms with Crippen molar-refractivity contribution in [2.45, 2.75) is 31.8 Å². The first-order chi connectivity index (χ1) is 12.0. The highest BCUT2D eigenvalue weighted by atomic mass is 127. The van der Waals surface area contributed by atoms with Crippen molar-refractivity contribution in [2.24, 2.45) is 12.0 Å². The lowest BCUT2D eigenvalue weighted by molar-refractivity contribution is -0.133. The second-order valence-corrected chi connectivity index (χ2v) is 6.43. The Morgan fingerprint density at radius 1 is 1.42 bits per heavy atom. The molecule has 0 aliphatic carbocycles. The summed E-state index contributed by atoms with van der Waals surface area (Å²) >= 11 is 0. The summed E-state index contributed by atoms with van der Waals surface area (Å²) in [7, 11) is 7.26. The molecule has 26 heavy (non-hydrogen) atoms. The van der Waals surface area contributed by atoms with E-state index in [-0.39, 0.29) is 35.9 Å². The largest absolute Gasteiger partial charge is 0.356 e. The minimum absolute atomic E-state index is 0. The molecule has 1 atom stereocenters. The molecule has 2 N–H and O–H groups in total. The molecule has 2 heterocycles. The van der Waals surface area contributed by atoms with Crippen molar-refractivity contribution in [1.82, 2.24) is 35.2 Å². The van der Waals surface area contributed by atoms with E-state index < -0.39 is 0 Å². The van der Waals surface area contributed by atoms with Crippen molar-refractivity contribution in [3.63, 3.8) is 0 Å². The van der Waals surface area contributed by atoms with Crippen molar-refractivity contribution in [3.8, 4) is 0 Å². The van der Waals surface area contributed by atoms with E-state index in [1.54, 1.807) is 16.6 Å². The fourth-order valence-electron chi connectivity index (χ4n) is 3.02. The van der Waals surface area contributed by atoms with Crippen LogP contribution in [0.15, 0.2) is 11.3 Å². The second-order valence-electron chi connectivity index (χ2n) is 6.43. The number of hydrogen-bond acceptors (Lipinski definition) is 5. The highest BCUT2D eigenvalue weighted by Gasteiger charge is 2.30. The first-order valence-electron chi connectivity index (χ1n) is 8.75. The fourth-order valence-corrected chi connectivity index (χ4v) is 3.02. The highest BCUT2D eigenvalue weighted by Crippen LogP contribution is 2.18. The van der Waals surface area contributed by atoms with Gasteiger partial charge in [0.15, 0.2) is 5.96 Å². The van der Waals surface area contributed by atoms with Gasteiger partial charge in [-0.05, 0) is 25.8 Å². The van der Waals surface area contributed by atoms with Crippen molar-refractivity contribution < 1.29 is 4.79 Å². The van der Waals surface area contributed by atoms with Crippen LogP contribution in [0.4, 0.5) is 0 Å². The minimum Gasteiger partial charge on any atom is -0.356 e. The molecule has 2 rings (SSSR count). The Morgan fingerprint density at radius 2 is 2.19 bits per heavy atom. The molecule has 1 unspecified atom stereocenters. The van der Waals surface area contributed by atoms with Gasteiger partial charge in [-0.15, -0.1) is 24.0 Å². The van der Waals surface area contributed by atoms with Crippen molar-refractivity contribution >= 4 is 35.8 Å². The van der Waals surface area contributed by atoms with Gasteiger partial charge >= 0.3 is 0 Å². The standard InChI is InChI=1S/C16H30N8O.HI/c1-17-16(19-11-14-20-12-21-23(14)4)18-8-6-10-24-9-5-7-13(24)15(25)22(2)3;/h12-13H,5-11H2,1-4H3,(H2,17,18,19);1H. The molecule has 1 amide bonds. The molecule has 9 nitrogen and oxygen atoms in total. The van der Waals surface area contributed by atoms with Gasteiger partial charge in [-0.3, -0.25) is 19.4 Å². The molecule has 148 valence electrons. The average molecular weight is 478 g/mol. The summed E-state index contributed by atoms with van der Waals surface area (Å²) < 4.78 is 1.73. The summed E-state index contributed by atoms with van der Waals surface area (Å²) in [6.45, 7) is 3.29. The first-order valence-corrected chi connectivity index (χ1v) is 8.75. The number of amides is 1. The normalized spacial score (nSPS) is 17.7. The van der Waals surface area contributed by atoms with E-state index in [4.69, 9.17) is 0 Å². The summed E-state index contributed by atoms with van der Waals surface area (Å²) in [6, 6.07) is 0.0448. The summed E-state index contributed by atoms with van der Waals surface area (Å²) in [4.78, 5) is 24.6. The summed E-state index contributed by atoms with van der Waals surface area (Å²) in [5.41, 5.74) is 0. The number of nitrogens with one attached hydrogen (secondary N) is 2. The van der Waals surface area contributed by atoms with Gasteiger partial charge in [-0.1, -0.05) is 0 Å². The van der Waals surface area contributed by atoms with Crippen molar-refractivity contribution in [2.75, 3.05) is 40.8 Å². The predicted octanol–water partition coefficient (Wildman–Crippen LogP) is 0.0408. The SMILES string of the molecule is CN=C(NCCCN1CCCC1C(=O)N(C)C)NCc1ncnn1C.I. The van der Waals surface area contributed by atoms with Crippen molar-refractivity contribution in [3.05, 3.63) is 12.2 Å². The van der Waals surface area contributed by atoms with Crippen LogP contribution in [-0.2, 0) is 18.4 Å². The van der Waals surface area contributed by atoms with Gasteiger partial charge in [0.25, 0.3) is 0 Å². The Labute approximate surface area is 172 Å². The van der Waals surface area contributed by atoms with Gasteiger partial charge in [0.05, 0.1) is 12.6 Å². The molecule has 1 aliphatic heterocycles. The fraction of sp³-hybridized carbons (Fsp3) is 0.750. The van der Waals surface area contributed by atoms with Crippen LogP contribution in [0.5, 0.6) is 0 Å². The summed E-state index contributed by atoms with van der Waals surface area (Å²) in [5, 5.41) is 10.6. The number of guanidine groups is 1. The zero-order chi connectivity index (χ0) is 18.2. The molecule has 10 heteroatoms. The maximum absolute atomic E-state index is 12.2. The van der Waals surface area contributed by atoms with Crippen LogP contribution in [0, 0.1) is 0 Å². The molecule has 0 aromatic carbocycles. The number of carbonyl (C=O) groups is 1. The Balaban J connectivity index is 0.00000338. The lowest BCUT2D eigenvalue weighted by atomic mass is 10.2. The van der Waals surface area contributed by atoms with Crippen LogP contribution < -0.4 is 10.6 Å². The van der Waals surface area contributed by atoms with E-state index in [0.717, 1.165) is 50.7 Å². The van der Waals surface area contributed by atoms with Gasteiger partial charge in [-0.25, -0.2) is 4.98 Å². The number of aryl methyl sites for hydroxylation is 1. The topological polar surface area (TPSA) is 90.7 Å². The van der Waals surface area contributed by atoms with Crippen molar-refractivity contribution in [1.29, 1.82) is 0 Å². The predicted molar refractivity (Wildman–Crippen MR) is 113 cm³/mol. The molecule has 0 spiro atoms. The van der Waals surface area contributed by atoms with Crippen LogP contribution in [0.1, 0.15) is 25.1 Å².